The molecule has 17 heavy (non-hydrogen) atoms. The zero-order valence-corrected chi connectivity index (χ0v) is 10.6. The van der Waals surface area contributed by atoms with E-state index >= 15 is 0 Å². The largest absolute Gasteiger partial charge is 0.469 e. The third-order valence-electron chi connectivity index (χ3n) is 3.04. The monoisotopic (exact) mass is 241 g/mol. The van der Waals surface area contributed by atoms with Gasteiger partial charge in [0.05, 0.1) is 19.5 Å². The summed E-state index contributed by atoms with van der Waals surface area (Å²) in [6, 6.07) is 4.19. The Morgan fingerprint density at radius 1 is 1.41 bits per heavy atom. The van der Waals surface area contributed by atoms with Crippen molar-refractivity contribution in [3.63, 3.8) is 0 Å². The number of aliphatic hydroxyl groups excluding tert-OH is 2. The fraction of sp³-hybridized carbons (Fsp3) is 0.692. The van der Waals surface area contributed by atoms with Crippen LogP contribution in [0.15, 0.2) is 22.8 Å². The zero-order chi connectivity index (χ0) is 12.7. The fourth-order valence-corrected chi connectivity index (χ4v) is 1.50. The van der Waals surface area contributed by atoms with Gasteiger partial charge in [0.2, 0.25) is 0 Å². The zero-order valence-electron chi connectivity index (χ0n) is 10.6. The number of furan rings is 1. The van der Waals surface area contributed by atoms with Gasteiger partial charge >= 0.3 is 0 Å². The third kappa shape index (κ3) is 4.89. The van der Waals surface area contributed by atoms with Gasteiger partial charge in [-0.2, -0.15) is 0 Å². The molecule has 0 aliphatic carbocycles. The second kappa shape index (κ2) is 6.79. The molecule has 0 spiro atoms. The lowest BCUT2D eigenvalue weighted by Gasteiger charge is -2.27. The van der Waals surface area contributed by atoms with Crippen LogP contribution in [0.5, 0.6) is 0 Å². The molecule has 0 aliphatic rings. The van der Waals surface area contributed by atoms with E-state index in [9.17, 15) is 0 Å². The second-order valence-corrected chi connectivity index (χ2v) is 5.03. The summed E-state index contributed by atoms with van der Waals surface area (Å²) in [5, 5.41) is 21.7. The van der Waals surface area contributed by atoms with E-state index in [-0.39, 0.29) is 13.2 Å². The molecule has 0 saturated carbocycles. The van der Waals surface area contributed by atoms with Gasteiger partial charge in [-0.05, 0) is 25.5 Å². The second-order valence-electron chi connectivity index (χ2n) is 5.03. The van der Waals surface area contributed by atoms with Gasteiger partial charge in [-0.15, -0.1) is 0 Å². The summed E-state index contributed by atoms with van der Waals surface area (Å²) in [6.45, 7) is 4.54. The molecule has 1 aromatic heterocycles. The third-order valence-corrected chi connectivity index (χ3v) is 3.04. The maximum atomic E-state index is 9.16. The molecule has 1 rings (SSSR count). The Hall–Kier alpha value is -0.840. The van der Waals surface area contributed by atoms with Gasteiger partial charge in [0.1, 0.15) is 5.76 Å². The first-order chi connectivity index (χ1) is 8.09. The summed E-state index contributed by atoms with van der Waals surface area (Å²) in [5.41, 5.74) is -0.445. The minimum Gasteiger partial charge on any atom is -0.469 e. The number of hydrogen-bond acceptors (Lipinski definition) is 4. The molecule has 0 saturated heterocycles. The molecule has 1 atom stereocenters. The van der Waals surface area contributed by atoms with E-state index in [2.05, 4.69) is 12.2 Å². The van der Waals surface area contributed by atoms with Gasteiger partial charge in [0.15, 0.2) is 0 Å². The fourth-order valence-electron chi connectivity index (χ4n) is 1.50. The Labute approximate surface area is 103 Å². The highest BCUT2D eigenvalue weighted by Gasteiger charge is 2.22. The van der Waals surface area contributed by atoms with E-state index in [0.29, 0.717) is 12.6 Å². The van der Waals surface area contributed by atoms with Crippen LogP contribution in [-0.2, 0) is 6.42 Å². The molecule has 0 amide bonds. The Kier molecular flexibility index (Phi) is 5.68. The first-order valence-corrected chi connectivity index (χ1v) is 6.07. The van der Waals surface area contributed by atoms with E-state index < -0.39 is 5.41 Å². The smallest absolute Gasteiger partial charge is 0.103 e. The first-order valence-electron chi connectivity index (χ1n) is 6.07. The Bertz CT molecular complexity index is 294. The molecule has 0 aliphatic heterocycles. The lowest BCUT2D eigenvalue weighted by molar-refractivity contribution is 0.0675. The average molecular weight is 241 g/mol. The summed E-state index contributed by atoms with van der Waals surface area (Å²) in [5.74, 6) is 0.991. The molecule has 1 heterocycles. The van der Waals surface area contributed by atoms with Crippen LogP contribution >= 0.6 is 0 Å². The summed E-state index contributed by atoms with van der Waals surface area (Å²) in [6.07, 6.45) is 3.55. The van der Waals surface area contributed by atoms with Gasteiger partial charge in [0, 0.05) is 24.4 Å². The minimum atomic E-state index is -0.445. The molecular formula is C13H23NO3. The van der Waals surface area contributed by atoms with Crippen molar-refractivity contribution in [2.75, 3.05) is 19.8 Å². The summed E-state index contributed by atoms with van der Waals surface area (Å²) >= 11 is 0. The number of hydrogen-bond donors (Lipinski definition) is 3. The molecule has 1 unspecified atom stereocenters. The molecule has 1 aromatic rings. The van der Waals surface area contributed by atoms with E-state index in [1.807, 2.05) is 19.1 Å². The van der Waals surface area contributed by atoms with Crippen molar-refractivity contribution >= 4 is 0 Å². The van der Waals surface area contributed by atoms with Gasteiger partial charge in [-0.3, -0.25) is 0 Å². The molecule has 3 N–H and O–H groups in total. The van der Waals surface area contributed by atoms with Gasteiger partial charge < -0.3 is 19.9 Å². The Morgan fingerprint density at radius 3 is 2.65 bits per heavy atom. The maximum Gasteiger partial charge on any atom is 0.103 e. The number of rotatable bonds is 8. The van der Waals surface area contributed by atoms with Crippen molar-refractivity contribution in [1.29, 1.82) is 0 Å². The molecular weight excluding hydrogens is 218 g/mol. The van der Waals surface area contributed by atoms with E-state index in [4.69, 9.17) is 14.6 Å². The molecule has 98 valence electrons. The standard InChI is InChI=1S/C13H23NO3/c1-11(5-6-12-4-3-7-17-12)14-8-13(2,9-15)10-16/h3-4,7,11,14-16H,5-6,8-10H2,1-2H3. The average Bonchev–Trinajstić information content (AvgIpc) is 2.86. The summed E-state index contributed by atoms with van der Waals surface area (Å²) < 4.78 is 5.26. The quantitative estimate of drug-likeness (QED) is 0.639. The van der Waals surface area contributed by atoms with Crippen LogP contribution in [-0.4, -0.2) is 36.0 Å². The predicted octanol–water partition coefficient (Wildman–Crippen LogP) is 1.18. The number of aliphatic hydroxyl groups is 2. The number of nitrogens with one attached hydrogen (secondary N) is 1. The van der Waals surface area contributed by atoms with Crippen LogP contribution < -0.4 is 5.32 Å². The summed E-state index contributed by atoms with van der Waals surface area (Å²) in [4.78, 5) is 0. The van der Waals surface area contributed by atoms with Crippen molar-refractivity contribution in [3.05, 3.63) is 24.2 Å². The molecule has 0 radical (unpaired) electrons. The van der Waals surface area contributed by atoms with Crippen LogP contribution in [0.3, 0.4) is 0 Å². The molecule has 0 fully saturated rings. The maximum absolute atomic E-state index is 9.16. The Morgan fingerprint density at radius 2 is 2.12 bits per heavy atom. The highest BCUT2D eigenvalue weighted by molar-refractivity contribution is 4.98. The lowest BCUT2D eigenvalue weighted by Crippen LogP contribution is -2.41. The predicted molar refractivity (Wildman–Crippen MR) is 66.8 cm³/mol. The highest BCUT2D eigenvalue weighted by Crippen LogP contribution is 2.13. The topological polar surface area (TPSA) is 65.6 Å². The molecule has 4 heteroatoms. The van der Waals surface area contributed by atoms with Crippen LogP contribution in [0.1, 0.15) is 26.0 Å². The molecule has 0 bridgehead atoms. The van der Waals surface area contributed by atoms with Crippen LogP contribution in [0.2, 0.25) is 0 Å². The SMILES string of the molecule is CC(CCc1ccco1)NCC(C)(CO)CO. The van der Waals surface area contributed by atoms with Crippen molar-refractivity contribution in [3.8, 4) is 0 Å². The number of aryl methyl sites for hydroxylation is 1. The normalized spacial score (nSPS) is 13.9. The van der Waals surface area contributed by atoms with E-state index in [0.717, 1.165) is 18.6 Å². The van der Waals surface area contributed by atoms with Crippen molar-refractivity contribution in [2.45, 2.75) is 32.7 Å². The van der Waals surface area contributed by atoms with E-state index in [1.54, 1.807) is 6.26 Å². The first kappa shape index (κ1) is 14.2. The van der Waals surface area contributed by atoms with Crippen LogP contribution in [0, 0.1) is 5.41 Å². The summed E-state index contributed by atoms with van der Waals surface area (Å²) in [7, 11) is 0. The van der Waals surface area contributed by atoms with E-state index in [1.165, 1.54) is 0 Å². The van der Waals surface area contributed by atoms with Crippen LogP contribution in [0.25, 0.3) is 0 Å². The van der Waals surface area contributed by atoms with Gasteiger partial charge in [0.25, 0.3) is 0 Å². The Balaban J connectivity index is 2.23. The van der Waals surface area contributed by atoms with Crippen molar-refractivity contribution in [2.24, 2.45) is 5.41 Å². The van der Waals surface area contributed by atoms with Crippen molar-refractivity contribution < 1.29 is 14.6 Å². The highest BCUT2D eigenvalue weighted by atomic mass is 16.3. The minimum absolute atomic E-state index is 0.0125. The van der Waals surface area contributed by atoms with Gasteiger partial charge in [-0.25, -0.2) is 0 Å². The molecule has 4 nitrogen and oxygen atoms in total. The lowest BCUT2D eigenvalue weighted by atomic mass is 9.92. The van der Waals surface area contributed by atoms with Gasteiger partial charge in [-0.1, -0.05) is 6.92 Å². The van der Waals surface area contributed by atoms with Crippen molar-refractivity contribution in [1.82, 2.24) is 5.32 Å². The molecule has 0 aromatic carbocycles. The van der Waals surface area contributed by atoms with Crippen LogP contribution in [0.4, 0.5) is 0 Å².